The molecule has 2 aromatic rings. The Labute approximate surface area is 171 Å². The summed E-state index contributed by atoms with van der Waals surface area (Å²) in [4.78, 5) is 19.5. The third-order valence-electron chi connectivity index (χ3n) is 4.53. The zero-order valence-electron chi connectivity index (χ0n) is 17.4. The molecule has 0 atom stereocenters. The van der Waals surface area contributed by atoms with E-state index < -0.39 is 0 Å². The molecule has 0 unspecified atom stereocenters. The van der Waals surface area contributed by atoms with Crippen molar-refractivity contribution in [1.29, 1.82) is 0 Å². The molecule has 0 aliphatic heterocycles. The average molecular weight is 407 g/mol. The van der Waals surface area contributed by atoms with Gasteiger partial charge in [-0.3, -0.25) is 4.79 Å². The first-order valence-electron chi connectivity index (χ1n) is 9.64. The fraction of sp³-hybridized carbons (Fsp3) is 0.524. The van der Waals surface area contributed by atoms with Gasteiger partial charge in [-0.15, -0.1) is 0 Å². The van der Waals surface area contributed by atoms with Crippen LogP contribution in [0.5, 0.6) is 17.2 Å². The van der Waals surface area contributed by atoms with Crippen LogP contribution in [0.2, 0.25) is 0 Å². The Kier molecular flexibility index (Phi) is 8.57. The number of rotatable bonds is 12. The lowest BCUT2D eigenvalue weighted by molar-refractivity contribution is 0.112. The first kappa shape index (κ1) is 22.0. The van der Waals surface area contributed by atoms with Gasteiger partial charge in [0.1, 0.15) is 22.9 Å². The molecule has 0 spiro atoms. The second-order valence-corrected chi connectivity index (χ2v) is 7.44. The largest absolute Gasteiger partial charge is 0.496 e. The molecule has 2 rings (SSSR count). The fourth-order valence-electron chi connectivity index (χ4n) is 2.95. The van der Waals surface area contributed by atoms with Gasteiger partial charge >= 0.3 is 0 Å². The molecule has 0 saturated heterocycles. The van der Waals surface area contributed by atoms with Crippen LogP contribution in [0.3, 0.4) is 0 Å². The highest BCUT2D eigenvalue weighted by atomic mass is 32.1. The number of nitrogens with zero attached hydrogens (tertiary/aromatic N) is 2. The second kappa shape index (κ2) is 10.9. The van der Waals surface area contributed by atoms with Gasteiger partial charge in [-0.2, -0.15) is 0 Å². The molecule has 0 fully saturated rings. The molecule has 1 heterocycles. The predicted molar refractivity (Wildman–Crippen MR) is 115 cm³/mol. The van der Waals surface area contributed by atoms with E-state index in [2.05, 4.69) is 18.7 Å². The first-order valence-corrected chi connectivity index (χ1v) is 10.5. The Balaban J connectivity index is 2.56. The summed E-state index contributed by atoms with van der Waals surface area (Å²) in [7, 11) is 4.76. The summed E-state index contributed by atoms with van der Waals surface area (Å²) < 4.78 is 16.4. The molecule has 1 aromatic carbocycles. The Morgan fingerprint density at radius 1 is 1.00 bits per heavy atom. The van der Waals surface area contributed by atoms with Crippen molar-refractivity contribution in [1.82, 2.24) is 4.98 Å². The maximum atomic E-state index is 11.8. The molecule has 28 heavy (non-hydrogen) atoms. The summed E-state index contributed by atoms with van der Waals surface area (Å²) in [5, 5.41) is 0.860. The number of benzene rings is 1. The van der Waals surface area contributed by atoms with Crippen molar-refractivity contribution in [3.63, 3.8) is 0 Å². The van der Waals surface area contributed by atoms with E-state index in [4.69, 9.17) is 19.2 Å². The lowest BCUT2D eigenvalue weighted by Crippen LogP contribution is -2.25. The van der Waals surface area contributed by atoms with Gasteiger partial charge in [-0.1, -0.05) is 38.0 Å². The minimum atomic E-state index is 0.560. The lowest BCUT2D eigenvalue weighted by Gasteiger charge is -2.21. The number of anilines is 1. The van der Waals surface area contributed by atoms with Crippen LogP contribution >= 0.6 is 11.3 Å². The molecule has 0 radical (unpaired) electrons. The summed E-state index contributed by atoms with van der Waals surface area (Å²) in [6.45, 7) is 6.21. The molecule has 0 aliphatic rings. The summed E-state index contributed by atoms with van der Waals surface area (Å²) in [5.41, 5.74) is 1.26. The minimum Gasteiger partial charge on any atom is -0.496 e. The molecule has 0 amide bonds. The molecule has 0 bridgehead atoms. The van der Waals surface area contributed by atoms with Crippen molar-refractivity contribution in [2.24, 2.45) is 0 Å². The zero-order chi connectivity index (χ0) is 20.5. The number of unbranched alkanes of at least 4 members (excludes halogenated alkanes) is 2. The number of carbonyl (C=O) groups excluding carboxylic acids is 1. The van der Waals surface area contributed by atoms with Crippen molar-refractivity contribution in [3.05, 3.63) is 17.0 Å². The van der Waals surface area contributed by atoms with Crippen molar-refractivity contribution in [2.45, 2.75) is 39.5 Å². The summed E-state index contributed by atoms with van der Waals surface area (Å²) in [6.07, 6.45) is 5.26. The standard InChI is InChI=1S/C21H30N2O4S/c1-6-8-10-23(11-9-7-2)21-22-20(18(14-24)28-21)19-16(26-4)12-15(25-3)13-17(19)27-5/h12-14H,6-11H2,1-5H3. The molecule has 6 nitrogen and oxygen atoms in total. The van der Waals surface area contributed by atoms with E-state index in [0.29, 0.717) is 33.4 Å². The lowest BCUT2D eigenvalue weighted by atomic mass is 10.1. The highest BCUT2D eigenvalue weighted by Crippen LogP contribution is 2.44. The van der Waals surface area contributed by atoms with Crippen LogP contribution < -0.4 is 19.1 Å². The Bertz CT molecular complexity index is 743. The summed E-state index contributed by atoms with van der Waals surface area (Å²) in [6, 6.07) is 3.55. The number of thiazole rings is 1. The maximum absolute atomic E-state index is 11.8. The Hall–Kier alpha value is -2.28. The summed E-state index contributed by atoms with van der Waals surface area (Å²) in [5.74, 6) is 1.74. The number of hydrogen-bond donors (Lipinski definition) is 0. The van der Waals surface area contributed by atoms with Crippen molar-refractivity contribution < 1.29 is 19.0 Å². The maximum Gasteiger partial charge on any atom is 0.186 e. The zero-order valence-corrected chi connectivity index (χ0v) is 18.2. The average Bonchev–Trinajstić information content (AvgIpc) is 3.16. The number of carbonyl (C=O) groups is 1. The first-order chi connectivity index (χ1) is 13.6. The van der Waals surface area contributed by atoms with E-state index in [1.54, 1.807) is 33.5 Å². The van der Waals surface area contributed by atoms with Gasteiger partial charge in [0, 0.05) is 25.2 Å². The van der Waals surface area contributed by atoms with Gasteiger partial charge < -0.3 is 19.1 Å². The Morgan fingerprint density at radius 2 is 1.57 bits per heavy atom. The van der Waals surface area contributed by atoms with Gasteiger partial charge in [0.15, 0.2) is 11.4 Å². The topological polar surface area (TPSA) is 60.9 Å². The van der Waals surface area contributed by atoms with Crippen LogP contribution in [0.4, 0.5) is 5.13 Å². The number of hydrogen-bond acceptors (Lipinski definition) is 7. The van der Waals surface area contributed by atoms with E-state index in [1.165, 1.54) is 11.3 Å². The fourth-order valence-corrected chi connectivity index (χ4v) is 3.89. The number of methoxy groups -OCH3 is 3. The molecule has 0 aliphatic carbocycles. The number of ether oxygens (including phenoxy) is 3. The van der Waals surface area contributed by atoms with Crippen molar-refractivity contribution in [2.75, 3.05) is 39.3 Å². The molecule has 154 valence electrons. The van der Waals surface area contributed by atoms with Gasteiger partial charge in [-0.25, -0.2) is 4.98 Å². The highest BCUT2D eigenvalue weighted by Gasteiger charge is 2.24. The number of aldehydes is 1. The molecule has 0 N–H and O–H groups in total. The van der Waals surface area contributed by atoms with E-state index in [-0.39, 0.29) is 0 Å². The Morgan fingerprint density at radius 3 is 2.00 bits per heavy atom. The SMILES string of the molecule is CCCCN(CCCC)c1nc(-c2c(OC)cc(OC)cc2OC)c(C=O)s1. The van der Waals surface area contributed by atoms with Crippen molar-refractivity contribution >= 4 is 22.8 Å². The molecular weight excluding hydrogens is 376 g/mol. The van der Waals surface area contributed by atoms with Crippen LogP contribution in [-0.4, -0.2) is 45.7 Å². The van der Waals surface area contributed by atoms with E-state index in [1.807, 2.05) is 0 Å². The quantitative estimate of drug-likeness (QED) is 0.460. The normalized spacial score (nSPS) is 10.6. The van der Waals surface area contributed by atoms with Crippen LogP contribution in [-0.2, 0) is 0 Å². The van der Waals surface area contributed by atoms with Gasteiger partial charge in [0.2, 0.25) is 0 Å². The number of aromatic nitrogens is 1. The third kappa shape index (κ3) is 4.95. The molecular formula is C21H30N2O4S. The van der Waals surface area contributed by atoms with Crippen LogP contribution in [0.1, 0.15) is 49.2 Å². The van der Waals surface area contributed by atoms with Crippen molar-refractivity contribution in [3.8, 4) is 28.5 Å². The predicted octanol–water partition coefficient (Wildman–Crippen LogP) is 5.06. The van der Waals surface area contributed by atoms with E-state index in [9.17, 15) is 4.79 Å². The van der Waals surface area contributed by atoms with Crippen LogP contribution in [0.15, 0.2) is 12.1 Å². The van der Waals surface area contributed by atoms with Crippen LogP contribution in [0.25, 0.3) is 11.3 Å². The van der Waals surface area contributed by atoms with E-state index in [0.717, 1.165) is 50.2 Å². The molecule has 7 heteroatoms. The molecule has 0 saturated carbocycles. The smallest absolute Gasteiger partial charge is 0.186 e. The van der Waals surface area contributed by atoms with Crippen LogP contribution in [0, 0.1) is 0 Å². The van der Waals surface area contributed by atoms with Gasteiger partial charge in [-0.05, 0) is 12.8 Å². The second-order valence-electron chi connectivity index (χ2n) is 6.43. The minimum absolute atomic E-state index is 0.560. The monoisotopic (exact) mass is 406 g/mol. The van der Waals surface area contributed by atoms with Gasteiger partial charge in [0.05, 0.1) is 31.8 Å². The van der Waals surface area contributed by atoms with Gasteiger partial charge in [0.25, 0.3) is 0 Å². The summed E-state index contributed by atoms with van der Waals surface area (Å²) >= 11 is 1.42. The third-order valence-corrected chi connectivity index (χ3v) is 5.58. The van der Waals surface area contributed by atoms with E-state index >= 15 is 0 Å². The molecule has 1 aromatic heterocycles. The highest BCUT2D eigenvalue weighted by molar-refractivity contribution is 7.17.